The van der Waals surface area contributed by atoms with E-state index in [4.69, 9.17) is 21.4 Å². The Balaban J connectivity index is 2.02. The smallest absolute Gasteiger partial charge is 0.126 e. The molecule has 3 rings (SSSR count). The van der Waals surface area contributed by atoms with Gasteiger partial charge in [-0.1, -0.05) is 29.8 Å². The van der Waals surface area contributed by atoms with E-state index in [2.05, 4.69) is 11.0 Å². The Morgan fingerprint density at radius 2 is 2.00 bits per heavy atom. The largest absolute Gasteiger partial charge is 0.496 e. The highest BCUT2D eigenvalue weighted by Gasteiger charge is 2.25. The molecule has 0 amide bonds. The lowest BCUT2D eigenvalue weighted by Gasteiger charge is -2.37. The number of anilines is 1. The van der Waals surface area contributed by atoms with Crippen molar-refractivity contribution in [3.8, 4) is 16.9 Å². The topological polar surface area (TPSA) is 52.9 Å². The Hall–Kier alpha value is -1.75. The zero-order chi connectivity index (χ0) is 19.2. The zero-order valence-electron chi connectivity index (χ0n) is 15.8. The van der Waals surface area contributed by atoms with Crippen LogP contribution in [0.3, 0.4) is 0 Å². The summed E-state index contributed by atoms with van der Waals surface area (Å²) in [5, 5.41) is 19.6. The van der Waals surface area contributed by atoms with Crippen LogP contribution in [0.4, 0.5) is 5.69 Å². The Morgan fingerprint density at radius 3 is 2.74 bits per heavy atom. The van der Waals surface area contributed by atoms with Gasteiger partial charge in [-0.15, -0.1) is 0 Å². The fourth-order valence-corrected chi connectivity index (χ4v) is 4.20. The van der Waals surface area contributed by atoms with Gasteiger partial charge < -0.3 is 19.8 Å². The van der Waals surface area contributed by atoms with Gasteiger partial charge in [0.2, 0.25) is 0 Å². The predicted octanol–water partition coefficient (Wildman–Crippen LogP) is 4.29. The van der Waals surface area contributed by atoms with Crippen molar-refractivity contribution in [1.29, 1.82) is 0 Å². The van der Waals surface area contributed by atoms with E-state index in [9.17, 15) is 5.11 Å². The summed E-state index contributed by atoms with van der Waals surface area (Å²) in [6, 6.07) is 12.3. The minimum Gasteiger partial charge on any atom is -0.496 e. The monoisotopic (exact) mass is 389 g/mol. The molecule has 5 heteroatoms. The highest BCUT2D eigenvalue weighted by molar-refractivity contribution is 6.36. The molecule has 146 valence electrons. The predicted molar refractivity (Wildman–Crippen MR) is 111 cm³/mol. The van der Waals surface area contributed by atoms with Gasteiger partial charge in [-0.25, -0.2) is 0 Å². The molecule has 1 fully saturated rings. The SMILES string of the molecule is COc1ccc(CCCO)cc1-c1cccc(N2CCCCC2CO)c1Cl. The maximum atomic E-state index is 9.78. The molecule has 2 aromatic carbocycles. The summed E-state index contributed by atoms with van der Waals surface area (Å²) in [7, 11) is 1.66. The van der Waals surface area contributed by atoms with Crippen LogP contribution in [0.1, 0.15) is 31.2 Å². The molecule has 0 saturated carbocycles. The Morgan fingerprint density at radius 1 is 1.15 bits per heavy atom. The van der Waals surface area contributed by atoms with Crippen LogP contribution >= 0.6 is 11.6 Å². The van der Waals surface area contributed by atoms with Gasteiger partial charge >= 0.3 is 0 Å². The molecule has 2 N–H and O–H groups in total. The molecule has 0 radical (unpaired) electrons. The summed E-state index contributed by atoms with van der Waals surface area (Å²) < 4.78 is 5.58. The van der Waals surface area contributed by atoms with Gasteiger partial charge in [-0.2, -0.15) is 0 Å². The number of hydrogen-bond acceptors (Lipinski definition) is 4. The molecule has 0 bridgehead atoms. The highest BCUT2D eigenvalue weighted by atomic mass is 35.5. The molecule has 1 aliphatic heterocycles. The van der Waals surface area contributed by atoms with Crippen LogP contribution in [-0.4, -0.2) is 43.1 Å². The second-order valence-electron chi connectivity index (χ2n) is 7.03. The van der Waals surface area contributed by atoms with E-state index in [-0.39, 0.29) is 19.3 Å². The first kappa shape index (κ1) is 20.0. The van der Waals surface area contributed by atoms with Gasteiger partial charge in [0.1, 0.15) is 5.75 Å². The molecule has 1 atom stereocenters. The number of halogens is 1. The molecule has 0 spiro atoms. The van der Waals surface area contributed by atoms with Crippen molar-refractivity contribution >= 4 is 17.3 Å². The first-order valence-corrected chi connectivity index (χ1v) is 10.0. The first-order chi connectivity index (χ1) is 13.2. The molecular formula is C22H28ClNO3. The van der Waals surface area contributed by atoms with Crippen LogP contribution in [0, 0.1) is 0 Å². The van der Waals surface area contributed by atoms with Gasteiger partial charge in [0.05, 0.1) is 30.5 Å². The Kier molecular flexibility index (Phi) is 7.00. The van der Waals surface area contributed by atoms with Crippen LogP contribution in [0.2, 0.25) is 5.02 Å². The van der Waals surface area contributed by atoms with Crippen molar-refractivity contribution in [1.82, 2.24) is 0 Å². The van der Waals surface area contributed by atoms with E-state index < -0.39 is 0 Å². The number of rotatable bonds is 7. The number of hydrogen-bond donors (Lipinski definition) is 2. The maximum absolute atomic E-state index is 9.78. The lowest BCUT2D eigenvalue weighted by atomic mass is 9.97. The molecule has 1 aliphatic rings. The molecule has 0 aromatic heterocycles. The second-order valence-corrected chi connectivity index (χ2v) is 7.40. The van der Waals surface area contributed by atoms with E-state index in [1.807, 2.05) is 30.3 Å². The Bertz CT molecular complexity index is 765. The van der Waals surface area contributed by atoms with E-state index in [1.165, 1.54) is 0 Å². The summed E-state index contributed by atoms with van der Waals surface area (Å²) >= 11 is 6.87. The second kappa shape index (κ2) is 9.45. The van der Waals surface area contributed by atoms with E-state index in [1.54, 1.807) is 7.11 Å². The molecule has 27 heavy (non-hydrogen) atoms. The number of piperidine rings is 1. The summed E-state index contributed by atoms with van der Waals surface area (Å²) in [5.74, 6) is 0.777. The van der Waals surface area contributed by atoms with Crippen LogP contribution in [-0.2, 0) is 6.42 Å². The van der Waals surface area contributed by atoms with Crippen molar-refractivity contribution in [3.05, 3.63) is 47.0 Å². The molecule has 4 nitrogen and oxygen atoms in total. The molecular weight excluding hydrogens is 362 g/mol. The first-order valence-electron chi connectivity index (χ1n) is 9.63. The van der Waals surface area contributed by atoms with Crippen molar-refractivity contribution < 1.29 is 14.9 Å². The number of ether oxygens (including phenoxy) is 1. The molecule has 1 heterocycles. The van der Waals surface area contributed by atoms with Crippen LogP contribution < -0.4 is 9.64 Å². The lowest BCUT2D eigenvalue weighted by molar-refractivity contribution is 0.240. The summed E-state index contributed by atoms with van der Waals surface area (Å²) in [6.45, 7) is 1.22. The van der Waals surface area contributed by atoms with Crippen molar-refractivity contribution in [2.45, 2.75) is 38.1 Å². The van der Waals surface area contributed by atoms with Gasteiger partial charge in [0.15, 0.2) is 0 Å². The summed E-state index contributed by atoms with van der Waals surface area (Å²) in [6.07, 6.45) is 4.77. The third kappa shape index (κ3) is 4.40. The highest BCUT2D eigenvalue weighted by Crippen LogP contribution is 2.41. The van der Waals surface area contributed by atoms with Crippen LogP contribution in [0.25, 0.3) is 11.1 Å². The quantitative estimate of drug-likeness (QED) is 0.741. The number of benzene rings is 2. The van der Waals surface area contributed by atoms with Crippen LogP contribution in [0.15, 0.2) is 36.4 Å². The number of aliphatic hydroxyl groups excluding tert-OH is 2. The standard InChI is InChI=1S/C22H28ClNO3/c1-27-21-11-10-16(6-5-13-25)14-19(21)18-8-4-9-20(22(18)23)24-12-3-2-7-17(24)15-26/h4,8-11,14,17,25-26H,2-3,5-7,12-13,15H2,1H3. The molecule has 2 aromatic rings. The van der Waals surface area contributed by atoms with Gasteiger partial charge in [-0.3, -0.25) is 0 Å². The third-order valence-electron chi connectivity index (χ3n) is 5.30. The van der Waals surface area contributed by atoms with E-state index in [0.717, 1.165) is 66.8 Å². The van der Waals surface area contributed by atoms with Crippen molar-refractivity contribution in [2.75, 3.05) is 31.8 Å². The van der Waals surface area contributed by atoms with Crippen molar-refractivity contribution in [2.24, 2.45) is 0 Å². The van der Waals surface area contributed by atoms with Crippen molar-refractivity contribution in [3.63, 3.8) is 0 Å². The average molecular weight is 390 g/mol. The van der Waals surface area contributed by atoms with Gasteiger partial charge in [0, 0.05) is 24.3 Å². The average Bonchev–Trinajstić information content (AvgIpc) is 2.72. The normalized spacial score (nSPS) is 17.2. The summed E-state index contributed by atoms with van der Waals surface area (Å²) in [4.78, 5) is 2.23. The van der Waals surface area contributed by atoms with Crippen LogP contribution in [0.5, 0.6) is 5.75 Å². The van der Waals surface area contributed by atoms with E-state index >= 15 is 0 Å². The summed E-state index contributed by atoms with van der Waals surface area (Å²) in [5.41, 5.74) is 4.00. The third-order valence-corrected chi connectivity index (χ3v) is 5.70. The van der Waals surface area contributed by atoms with Gasteiger partial charge in [-0.05, 0) is 55.9 Å². The number of methoxy groups -OCH3 is 1. The minimum absolute atomic E-state index is 0.115. The van der Waals surface area contributed by atoms with E-state index in [0.29, 0.717) is 5.02 Å². The number of nitrogens with zero attached hydrogens (tertiary/aromatic N) is 1. The molecule has 0 aliphatic carbocycles. The fraction of sp³-hybridized carbons (Fsp3) is 0.455. The lowest BCUT2D eigenvalue weighted by Crippen LogP contribution is -2.42. The van der Waals surface area contributed by atoms with Gasteiger partial charge in [0.25, 0.3) is 0 Å². The zero-order valence-corrected chi connectivity index (χ0v) is 16.6. The number of aliphatic hydroxyl groups is 2. The number of aryl methyl sites for hydroxylation is 1. The fourth-order valence-electron chi connectivity index (χ4n) is 3.86. The minimum atomic E-state index is 0.115. The Labute approximate surface area is 166 Å². The maximum Gasteiger partial charge on any atom is 0.126 e. The molecule has 1 unspecified atom stereocenters. The molecule has 1 saturated heterocycles.